The largest absolute Gasteiger partial charge is 0.510 e. The first-order valence-electron chi connectivity index (χ1n) is 53.0. The van der Waals surface area contributed by atoms with E-state index in [1.54, 1.807) is 71.3 Å². The minimum absolute atomic E-state index is 0. The number of rotatable bonds is 15. The van der Waals surface area contributed by atoms with Crippen LogP contribution >= 0.6 is 0 Å². The number of pyridine rings is 1. The minimum atomic E-state index is -6.72. The summed E-state index contributed by atoms with van der Waals surface area (Å²) in [5.41, 5.74) is -5.78. The topological polar surface area (TPSA) is 35.9 Å². The summed E-state index contributed by atoms with van der Waals surface area (Å²) < 4.78 is 390. The smallest absolute Gasteiger partial charge is 0.268 e. The summed E-state index contributed by atoms with van der Waals surface area (Å²) in [6.07, 6.45) is 4.51. The molecular formula is C99H78N4OPtSi-2. The van der Waals surface area contributed by atoms with E-state index in [1.807, 2.05) is 53.7 Å². The molecule has 0 amide bonds. The molecule has 7 heteroatoms. The van der Waals surface area contributed by atoms with Crippen molar-refractivity contribution in [1.29, 1.82) is 0 Å². The van der Waals surface area contributed by atoms with Crippen LogP contribution in [-0.2, 0) is 31.9 Å². The predicted molar refractivity (Wildman–Crippen MR) is 438 cm³/mol. The predicted octanol–water partition coefficient (Wildman–Crippen LogP) is 21.9. The first-order valence-corrected chi connectivity index (χ1v) is 35.0. The molecule has 14 aromatic carbocycles. The third kappa shape index (κ3) is 12.9. The Bertz CT molecular complexity index is 8130. The van der Waals surface area contributed by atoms with Gasteiger partial charge in [-0.25, -0.2) is 4.98 Å². The zero-order valence-corrected chi connectivity index (χ0v) is 60.3. The Hall–Kier alpha value is -11.8. The van der Waals surface area contributed by atoms with Gasteiger partial charge in [0.2, 0.25) is 0 Å². The van der Waals surface area contributed by atoms with E-state index in [1.165, 1.54) is 39.5 Å². The fourth-order valence-corrected chi connectivity index (χ4v) is 16.4. The maximum Gasteiger partial charge on any atom is 0.268 e. The molecule has 0 aliphatic rings. The first-order chi connectivity index (χ1) is 67.8. The summed E-state index contributed by atoms with van der Waals surface area (Å²) in [4.78, 5) is 4.71. The van der Waals surface area contributed by atoms with Crippen LogP contribution in [0.3, 0.4) is 0 Å². The Kier molecular flexibility index (Phi) is 9.83. The van der Waals surface area contributed by atoms with Gasteiger partial charge in [0.05, 0.1) is 67.4 Å². The van der Waals surface area contributed by atoms with Crippen LogP contribution in [0, 0.1) is 25.3 Å². The normalized spacial score (nSPS) is 17.3. The molecule has 17 aromatic rings. The summed E-state index contributed by atoms with van der Waals surface area (Å²) in [6.45, 7) is 9.13. The molecule has 0 saturated heterocycles. The molecule has 0 spiro atoms. The Morgan fingerprint density at radius 3 is 1.57 bits per heavy atom. The zero-order chi connectivity index (χ0) is 106. The molecule has 3 heterocycles. The van der Waals surface area contributed by atoms with Gasteiger partial charge >= 0.3 is 0 Å². The van der Waals surface area contributed by atoms with Crippen molar-refractivity contribution >= 4 is 61.7 Å². The molecule has 17 rings (SSSR count). The van der Waals surface area contributed by atoms with Crippen LogP contribution in [0.4, 0.5) is 0 Å². The van der Waals surface area contributed by atoms with Crippen LogP contribution in [0.5, 0.6) is 11.5 Å². The van der Waals surface area contributed by atoms with Crippen LogP contribution in [0.25, 0.3) is 117 Å². The van der Waals surface area contributed by atoms with Crippen LogP contribution in [-0.4, -0.2) is 22.2 Å². The molecule has 5 nitrogen and oxygen atoms in total. The maximum atomic E-state index is 11.3. The third-order valence-corrected chi connectivity index (χ3v) is 22.0. The van der Waals surface area contributed by atoms with E-state index in [0.717, 1.165) is 17.3 Å². The molecule has 0 radical (unpaired) electrons. The van der Waals surface area contributed by atoms with Gasteiger partial charge in [-0.05, 0) is 164 Å². The monoisotopic (exact) mass is 1600 g/mol. The second kappa shape index (κ2) is 28.3. The number of imidazole rings is 1. The van der Waals surface area contributed by atoms with Crippen LogP contribution in [0.2, 0.25) is 0 Å². The van der Waals surface area contributed by atoms with Gasteiger partial charge in [-0.1, -0.05) is 319 Å². The summed E-state index contributed by atoms with van der Waals surface area (Å²) in [6, 6.07) is -4.09. The zero-order valence-electron chi connectivity index (χ0n) is 97.1. The number of para-hydroxylation sites is 2. The van der Waals surface area contributed by atoms with Gasteiger partial charge in [0, 0.05) is 54.0 Å². The Labute approximate surface area is 693 Å². The minimum Gasteiger partial charge on any atom is -0.510 e. The molecule has 3 aromatic heterocycles. The number of ether oxygens (including phenoxy) is 1. The average Bonchev–Trinajstić information content (AvgIpc) is 0.859. The second-order valence-electron chi connectivity index (χ2n) is 26.5. The van der Waals surface area contributed by atoms with E-state index < -0.39 is 331 Å². The summed E-state index contributed by atoms with van der Waals surface area (Å²) in [5, 5.41) is -3.71. The van der Waals surface area contributed by atoms with Crippen LogP contribution in [0.1, 0.15) is 113 Å². The Balaban J connectivity index is 0.0000152. The molecule has 0 unspecified atom stereocenters. The number of aromatic nitrogens is 4. The average molecular weight is 1600 g/mol. The summed E-state index contributed by atoms with van der Waals surface area (Å²) in [7, 11) is -6.72. The number of benzene rings is 14. The molecule has 0 N–H and O–H groups in total. The number of hydrogen-bond acceptors (Lipinski definition) is 2. The van der Waals surface area contributed by atoms with Gasteiger partial charge in [-0.3, -0.25) is 4.57 Å². The van der Waals surface area contributed by atoms with Gasteiger partial charge in [-0.2, -0.15) is 18.2 Å². The van der Waals surface area contributed by atoms with E-state index in [4.69, 9.17) is 33.0 Å². The molecule has 106 heavy (non-hydrogen) atoms. The fraction of sp³-hybridized carbons (Fsp3) is 0.0909. The van der Waals surface area contributed by atoms with Crippen molar-refractivity contribution in [3.05, 3.63) is 380 Å². The van der Waals surface area contributed by atoms with Crippen molar-refractivity contribution in [3.8, 4) is 95.5 Å². The molecule has 0 fully saturated rings. The van der Waals surface area contributed by atoms with Gasteiger partial charge in [0.15, 0.2) is 8.07 Å². The molecule has 0 atom stereocenters. The molecule has 0 aliphatic heterocycles. The Morgan fingerprint density at radius 2 is 0.962 bits per heavy atom. The number of nitrogens with zero attached hydrogens (tertiary/aromatic N) is 4. The summed E-state index contributed by atoms with van der Waals surface area (Å²) in [5.74, 6) is -0.129. The first kappa shape index (κ1) is 36.8. The summed E-state index contributed by atoms with van der Waals surface area (Å²) >= 11 is 0. The van der Waals surface area contributed by atoms with Crippen LogP contribution in [0.15, 0.2) is 345 Å². The van der Waals surface area contributed by atoms with E-state index in [2.05, 4.69) is 24.5 Å². The van der Waals surface area contributed by atoms with Gasteiger partial charge in [0.25, 0.3) is 6.33 Å². The van der Waals surface area contributed by atoms with Gasteiger partial charge in [-0.15, -0.1) is 29.7 Å². The maximum absolute atomic E-state index is 11.3. The van der Waals surface area contributed by atoms with Crippen molar-refractivity contribution in [2.45, 2.75) is 59.2 Å². The third-order valence-electron chi connectivity index (χ3n) is 18.0. The second-order valence-corrected chi connectivity index (χ2v) is 30.0. The van der Waals surface area contributed by atoms with E-state index in [0.29, 0.717) is 27.4 Å². The van der Waals surface area contributed by atoms with Crippen molar-refractivity contribution in [1.82, 2.24) is 14.1 Å². The Morgan fingerprint density at radius 1 is 0.425 bits per heavy atom. The van der Waals surface area contributed by atoms with Crippen molar-refractivity contribution in [3.63, 3.8) is 0 Å². The number of aryl methyl sites for hydroxylation is 1. The fourth-order valence-electron chi connectivity index (χ4n) is 12.9. The quantitative estimate of drug-likeness (QED) is 0.0444. The standard InChI is InChI=1S/C99H78N4OSi.Pt/c1-68-55-96(100-66-91(68)71-35-18-10-19-36-71)103-92-50-27-26-47-89(92)90-53-52-82(65-94(90)103)104-81-39-29-38-80(64-81)101-67-102(93-54-51-72(62-95(93)101)76-59-78(98(2,3)4)63-79(60-76)99(5,6)7)97-87(48-30-49-88(97)77-57-74(69-31-14-8-15-32-69)56-75(58-77)70-33-16-9-17-34-70)73-37-28-46-86(61-73)105(83-40-20-11-21-41-83,84-42-22-12-23-43-84)85-44-24-13-25-45-85;/h8-63,66H,1-7H3;/q-2;/i1D3,8D,9D,10D,11D,12D,13D,14D,15D,16D,17D,18D,19D,20D,21D,22D,23D,24D,25D,28D,31D,32D,33D,34D,35D,36D,37D,40D,41D,42D,43D,44D,45D,46D,56D,57D,58D,61D;. The van der Waals surface area contributed by atoms with Crippen LogP contribution < -0.4 is 30.1 Å². The molecule has 0 bridgehead atoms. The molecule has 0 saturated carbocycles. The van der Waals surface area contributed by atoms with E-state index in [-0.39, 0.29) is 66.2 Å². The molecule has 516 valence electrons. The van der Waals surface area contributed by atoms with Crippen molar-refractivity contribution in [2.75, 3.05) is 0 Å². The number of fused-ring (bicyclic) bond motifs is 4. The van der Waals surface area contributed by atoms with Crippen molar-refractivity contribution in [2.24, 2.45) is 0 Å². The van der Waals surface area contributed by atoms with Gasteiger partial charge in [0.1, 0.15) is 5.82 Å². The molecule has 0 aliphatic carbocycles. The number of hydrogen-bond donors (Lipinski definition) is 0. The van der Waals surface area contributed by atoms with E-state index >= 15 is 0 Å². The van der Waals surface area contributed by atoms with Crippen molar-refractivity contribution < 1.29 is 85.2 Å². The molecular weight excluding hydrogens is 1480 g/mol. The van der Waals surface area contributed by atoms with Gasteiger partial charge < -0.3 is 13.9 Å². The SMILES string of the molecule is [2H]c1c([2H])c([2H])c(-c2cnc(-n3c4[c-]c(Oc5[c-]c(-n6[c-][n+](-c7c(-c8c([2H])c(-c9c([2H])c([2H])c([2H])c([2H])c9[2H])c([2H])c(-c9c([2H])c([2H])c([2H])c([2H])c9[2H])c8[2H])cccc7-c7c([2H])c([2H])c([2H])c([Si](c8c([2H])c([2H])c([2H])c([2H])c8[2H])(c8c([2H])c([2H])c([2H])c([2H])c8[2H])c8c([2H])c([2H])c([2H])c([2H])c8[2H])c7[2H])c7ccc(-c8cc(C(C)(C)C)cc(C(C)(C)C)c8)cc76)ccc5)ccc4c4ccccc43)cc2C([2H])([2H])[2H])c([2H])c1[2H].[Pt]. The van der Waals surface area contributed by atoms with E-state index in [9.17, 15) is 31.5 Å².